The molecule has 0 fully saturated rings. The highest BCUT2D eigenvalue weighted by molar-refractivity contribution is 5.82. The van der Waals surface area contributed by atoms with Crippen LogP contribution in [0.5, 0.6) is 5.75 Å². The highest BCUT2D eigenvalue weighted by Crippen LogP contribution is 2.31. The van der Waals surface area contributed by atoms with Crippen molar-refractivity contribution in [3.05, 3.63) is 54.7 Å². The van der Waals surface area contributed by atoms with Crippen molar-refractivity contribution >= 4 is 11.6 Å². The number of methoxy groups -OCH3 is 1. The quantitative estimate of drug-likeness (QED) is 0.553. The maximum atomic E-state index is 10.8. The van der Waals surface area contributed by atoms with Crippen LogP contribution >= 0.6 is 0 Å². The van der Waals surface area contributed by atoms with E-state index < -0.39 is 6.09 Å². The summed E-state index contributed by atoms with van der Waals surface area (Å²) in [6.45, 7) is 0.161. The molecular formula is C19H18N6O3. The standard InChI is InChI=1S/C19H18N6O3/c1-24-9-15(8-22-24)14-5-16-18(21-11-23-25(16)10-14)12-3-4-13(7-20-19(26)27)17(6-12)28-2/h3-6,8-11,20H,7H2,1-2H3,(H,26,27). The molecule has 28 heavy (non-hydrogen) atoms. The summed E-state index contributed by atoms with van der Waals surface area (Å²) in [5, 5.41) is 19.7. The van der Waals surface area contributed by atoms with E-state index in [9.17, 15) is 4.79 Å². The molecule has 0 atom stereocenters. The first-order valence-electron chi connectivity index (χ1n) is 8.51. The minimum atomic E-state index is -1.08. The molecule has 0 spiro atoms. The highest BCUT2D eigenvalue weighted by Gasteiger charge is 2.13. The van der Waals surface area contributed by atoms with Gasteiger partial charge in [0.1, 0.15) is 12.1 Å². The van der Waals surface area contributed by atoms with Crippen molar-refractivity contribution < 1.29 is 14.6 Å². The zero-order valence-electron chi connectivity index (χ0n) is 15.3. The predicted molar refractivity (Wildman–Crippen MR) is 102 cm³/mol. The monoisotopic (exact) mass is 378 g/mol. The molecule has 0 aliphatic heterocycles. The number of benzene rings is 1. The third kappa shape index (κ3) is 3.25. The molecule has 0 aliphatic carbocycles. The van der Waals surface area contributed by atoms with Crippen LogP contribution in [0.25, 0.3) is 27.9 Å². The average Bonchev–Trinajstić information content (AvgIpc) is 3.31. The molecule has 0 unspecified atom stereocenters. The number of fused-ring (bicyclic) bond motifs is 1. The number of nitrogens with zero attached hydrogens (tertiary/aromatic N) is 5. The number of hydrogen-bond donors (Lipinski definition) is 2. The summed E-state index contributed by atoms with van der Waals surface area (Å²) < 4.78 is 8.96. The van der Waals surface area contributed by atoms with Crippen LogP contribution in [-0.2, 0) is 13.6 Å². The minimum Gasteiger partial charge on any atom is -0.496 e. The van der Waals surface area contributed by atoms with Gasteiger partial charge >= 0.3 is 6.09 Å². The largest absolute Gasteiger partial charge is 0.496 e. The van der Waals surface area contributed by atoms with Crippen LogP contribution in [0.1, 0.15) is 5.56 Å². The first-order chi connectivity index (χ1) is 13.5. The fourth-order valence-corrected chi connectivity index (χ4v) is 3.09. The Bertz CT molecular complexity index is 1160. The van der Waals surface area contributed by atoms with E-state index in [0.29, 0.717) is 5.75 Å². The summed E-state index contributed by atoms with van der Waals surface area (Å²) in [5.74, 6) is 0.585. The van der Waals surface area contributed by atoms with E-state index in [0.717, 1.165) is 33.5 Å². The van der Waals surface area contributed by atoms with E-state index >= 15 is 0 Å². The Kier molecular flexibility index (Phi) is 4.40. The second-order valence-corrected chi connectivity index (χ2v) is 6.26. The van der Waals surface area contributed by atoms with E-state index in [1.807, 2.05) is 43.7 Å². The lowest BCUT2D eigenvalue weighted by Gasteiger charge is -2.11. The van der Waals surface area contributed by atoms with Gasteiger partial charge in [-0.3, -0.25) is 4.68 Å². The van der Waals surface area contributed by atoms with Gasteiger partial charge in [0.15, 0.2) is 0 Å². The summed E-state index contributed by atoms with van der Waals surface area (Å²) in [7, 11) is 3.42. The van der Waals surface area contributed by atoms with Gasteiger partial charge in [0.2, 0.25) is 0 Å². The Hall–Kier alpha value is -3.88. The van der Waals surface area contributed by atoms with Gasteiger partial charge in [0.05, 0.1) is 24.5 Å². The van der Waals surface area contributed by atoms with Gasteiger partial charge in [0.25, 0.3) is 0 Å². The number of hydrogen-bond acceptors (Lipinski definition) is 5. The lowest BCUT2D eigenvalue weighted by Crippen LogP contribution is -2.20. The summed E-state index contributed by atoms with van der Waals surface area (Å²) in [4.78, 5) is 15.2. The van der Waals surface area contributed by atoms with Crippen LogP contribution in [0.4, 0.5) is 4.79 Å². The molecular weight excluding hydrogens is 360 g/mol. The topological polar surface area (TPSA) is 107 Å². The number of carbonyl (C=O) groups is 1. The molecule has 1 amide bonds. The molecule has 142 valence electrons. The normalized spacial score (nSPS) is 10.9. The molecule has 0 saturated carbocycles. The molecule has 0 aliphatic rings. The number of aromatic nitrogens is 5. The molecule has 0 bridgehead atoms. The van der Waals surface area contributed by atoms with Crippen molar-refractivity contribution in [1.82, 2.24) is 29.7 Å². The molecule has 0 radical (unpaired) electrons. The molecule has 1 aromatic carbocycles. The Morgan fingerprint density at radius 1 is 1.18 bits per heavy atom. The van der Waals surface area contributed by atoms with E-state index in [2.05, 4.69) is 20.5 Å². The Balaban J connectivity index is 1.76. The first kappa shape index (κ1) is 17.5. The van der Waals surface area contributed by atoms with Crippen molar-refractivity contribution in [2.45, 2.75) is 6.54 Å². The molecule has 9 nitrogen and oxygen atoms in total. The Morgan fingerprint density at radius 3 is 2.75 bits per heavy atom. The fraction of sp³-hybridized carbons (Fsp3) is 0.158. The van der Waals surface area contributed by atoms with Gasteiger partial charge in [-0.15, -0.1) is 0 Å². The number of carboxylic acid groups (broad SMARTS) is 1. The van der Waals surface area contributed by atoms with Crippen LogP contribution in [-0.4, -0.2) is 42.7 Å². The number of ether oxygens (including phenoxy) is 1. The number of aryl methyl sites for hydroxylation is 1. The number of amides is 1. The van der Waals surface area contributed by atoms with Crippen LogP contribution in [0.2, 0.25) is 0 Å². The first-order valence-corrected chi connectivity index (χ1v) is 8.51. The van der Waals surface area contributed by atoms with Gasteiger partial charge in [0, 0.05) is 48.2 Å². The molecule has 9 heteroatoms. The molecule has 4 rings (SSSR count). The molecule has 2 N–H and O–H groups in total. The van der Waals surface area contributed by atoms with Gasteiger partial charge in [-0.05, 0) is 12.1 Å². The molecule has 3 heterocycles. The minimum absolute atomic E-state index is 0.161. The third-order valence-electron chi connectivity index (χ3n) is 4.43. The van der Waals surface area contributed by atoms with Gasteiger partial charge < -0.3 is 15.2 Å². The van der Waals surface area contributed by atoms with Crippen LogP contribution in [0.15, 0.2) is 49.2 Å². The number of rotatable bonds is 5. The molecule has 4 aromatic rings. The van der Waals surface area contributed by atoms with Gasteiger partial charge in [-0.25, -0.2) is 14.3 Å². The molecule has 3 aromatic heterocycles. The fourth-order valence-electron chi connectivity index (χ4n) is 3.09. The summed E-state index contributed by atoms with van der Waals surface area (Å²) >= 11 is 0. The second kappa shape index (κ2) is 7.03. The maximum absolute atomic E-state index is 10.8. The third-order valence-corrected chi connectivity index (χ3v) is 4.43. The Morgan fingerprint density at radius 2 is 2.04 bits per heavy atom. The van der Waals surface area contributed by atoms with Crippen molar-refractivity contribution in [2.24, 2.45) is 7.05 Å². The van der Waals surface area contributed by atoms with Gasteiger partial charge in [-0.1, -0.05) is 12.1 Å². The van der Waals surface area contributed by atoms with Crippen LogP contribution in [0.3, 0.4) is 0 Å². The van der Waals surface area contributed by atoms with E-state index in [1.165, 1.54) is 6.33 Å². The lowest BCUT2D eigenvalue weighted by atomic mass is 10.1. The van der Waals surface area contributed by atoms with Crippen LogP contribution < -0.4 is 10.1 Å². The van der Waals surface area contributed by atoms with Gasteiger partial charge in [-0.2, -0.15) is 10.2 Å². The maximum Gasteiger partial charge on any atom is 0.404 e. The van der Waals surface area contributed by atoms with Crippen molar-refractivity contribution in [2.75, 3.05) is 7.11 Å². The SMILES string of the molecule is COc1cc(-c2ncnn3cc(-c4cnn(C)c4)cc23)ccc1CNC(=O)O. The zero-order valence-corrected chi connectivity index (χ0v) is 15.3. The van der Waals surface area contributed by atoms with E-state index in [1.54, 1.807) is 22.5 Å². The molecule has 0 saturated heterocycles. The van der Waals surface area contributed by atoms with Crippen molar-refractivity contribution in [3.63, 3.8) is 0 Å². The van der Waals surface area contributed by atoms with Crippen LogP contribution in [0, 0.1) is 0 Å². The van der Waals surface area contributed by atoms with E-state index in [4.69, 9.17) is 9.84 Å². The zero-order chi connectivity index (χ0) is 19.7. The summed E-state index contributed by atoms with van der Waals surface area (Å²) in [5.41, 5.74) is 5.17. The van der Waals surface area contributed by atoms with E-state index in [-0.39, 0.29) is 6.54 Å². The van der Waals surface area contributed by atoms with Crippen molar-refractivity contribution in [3.8, 4) is 28.1 Å². The van der Waals surface area contributed by atoms with Crippen molar-refractivity contribution in [1.29, 1.82) is 0 Å². The lowest BCUT2D eigenvalue weighted by molar-refractivity contribution is 0.194. The summed E-state index contributed by atoms with van der Waals surface area (Å²) in [6.07, 6.45) is 6.09. The Labute approximate surface area is 160 Å². The smallest absolute Gasteiger partial charge is 0.404 e. The number of nitrogens with one attached hydrogen (secondary N) is 1. The highest BCUT2D eigenvalue weighted by atomic mass is 16.5. The second-order valence-electron chi connectivity index (χ2n) is 6.26. The average molecular weight is 378 g/mol. The summed E-state index contributed by atoms with van der Waals surface area (Å²) in [6, 6.07) is 7.57. The predicted octanol–water partition coefficient (Wildman–Crippen LogP) is 2.57.